The van der Waals surface area contributed by atoms with E-state index in [2.05, 4.69) is 5.32 Å². The molecule has 0 saturated carbocycles. The summed E-state index contributed by atoms with van der Waals surface area (Å²) in [5, 5.41) is 3.28. The molecule has 1 aliphatic heterocycles. The van der Waals surface area contributed by atoms with E-state index in [0.717, 1.165) is 28.3 Å². The molecule has 3 nitrogen and oxygen atoms in total. The van der Waals surface area contributed by atoms with Crippen molar-refractivity contribution in [2.75, 3.05) is 12.1 Å². The van der Waals surface area contributed by atoms with Crippen molar-refractivity contribution in [1.82, 2.24) is 0 Å². The Bertz CT molecular complexity index is 613. The Balaban J connectivity index is 1.72. The van der Waals surface area contributed by atoms with Gasteiger partial charge in [0.15, 0.2) is 11.5 Å². The summed E-state index contributed by atoms with van der Waals surface area (Å²) >= 11 is 0. The van der Waals surface area contributed by atoms with Crippen LogP contribution in [0.2, 0.25) is 0 Å². The van der Waals surface area contributed by atoms with Crippen LogP contribution >= 0.6 is 0 Å². The Kier molecular flexibility index (Phi) is 2.99. The van der Waals surface area contributed by atoms with E-state index < -0.39 is 0 Å². The Labute approximate surface area is 111 Å². The van der Waals surface area contributed by atoms with Crippen LogP contribution in [-0.4, -0.2) is 6.79 Å². The lowest BCUT2D eigenvalue weighted by molar-refractivity contribution is 0.174. The van der Waals surface area contributed by atoms with Gasteiger partial charge in [0.05, 0.1) is 0 Å². The lowest BCUT2D eigenvalue weighted by Gasteiger charge is -2.10. The number of hydrogen-bond acceptors (Lipinski definition) is 3. The first-order chi connectivity index (χ1) is 9.22. The van der Waals surface area contributed by atoms with Crippen LogP contribution in [0.4, 0.5) is 10.1 Å². The van der Waals surface area contributed by atoms with Crippen LogP contribution in [0.1, 0.15) is 11.1 Å². The maximum absolute atomic E-state index is 13.0. The number of aryl methyl sites for hydroxylation is 1. The molecule has 1 aliphatic rings. The molecule has 0 amide bonds. The van der Waals surface area contributed by atoms with Gasteiger partial charge in [-0.15, -0.1) is 0 Å². The number of nitrogens with one attached hydrogen (secondary N) is 1. The Hall–Kier alpha value is -2.23. The second-order valence-electron chi connectivity index (χ2n) is 4.50. The first kappa shape index (κ1) is 11.8. The molecule has 4 heteroatoms. The summed E-state index contributed by atoms with van der Waals surface area (Å²) < 4.78 is 23.6. The first-order valence-electron chi connectivity index (χ1n) is 6.11. The van der Waals surface area contributed by atoms with E-state index in [-0.39, 0.29) is 12.6 Å². The van der Waals surface area contributed by atoms with Crippen LogP contribution in [0.5, 0.6) is 11.5 Å². The minimum absolute atomic E-state index is 0.217. The fraction of sp³-hybridized carbons (Fsp3) is 0.200. The van der Waals surface area contributed by atoms with Gasteiger partial charge in [0.1, 0.15) is 5.82 Å². The Morgan fingerprint density at radius 3 is 2.79 bits per heavy atom. The molecule has 0 unspecified atom stereocenters. The van der Waals surface area contributed by atoms with Gasteiger partial charge in [0.2, 0.25) is 6.79 Å². The topological polar surface area (TPSA) is 30.5 Å². The molecular weight excluding hydrogens is 245 g/mol. The van der Waals surface area contributed by atoms with E-state index in [1.807, 2.05) is 25.1 Å². The summed E-state index contributed by atoms with van der Waals surface area (Å²) in [6, 6.07) is 10.6. The lowest BCUT2D eigenvalue weighted by Crippen LogP contribution is -2.01. The van der Waals surface area contributed by atoms with Gasteiger partial charge in [-0.25, -0.2) is 4.39 Å². The number of hydrogen-bond donors (Lipinski definition) is 1. The van der Waals surface area contributed by atoms with Gasteiger partial charge in [0.25, 0.3) is 0 Å². The molecule has 2 aromatic carbocycles. The third-order valence-corrected chi connectivity index (χ3v) is 3.11. The largest absolute Gasteiger partial charge is 0.454 e. The van der Waals surface area contributed by atoms with Gasteiger partial charge >= 0.3 is 0 Å². The van der Waals surface area contributed by atoms with Crippen molar-refractivity contribution in [2.24, 2.45) is 0 Å². The summed E-state index contributed by atoms with van der Waals surface area (Å²) in [6.45, 7) is 2.82. The Morgan fingerprint density at radius 2 is 1.95 bits per heavy atom. The van der Waals surface area contributed by atoms with Crippen molar-refractivity contribution in [3.63, 3.8) is 0 Å². The average Bonchev–Trinajstić information content (AvgIpc) is 2.85. The minimum atomic E-state index is -0.217. The zero-order chi connectivity index (χ0) is 13.2. The predicted molar refractivity (Wildman–Crippen MR) is 71.0 cm³/mol. The van der Waals surface area contributed by atoms with E-state index in [0.29, 0.717) is 6.54 Å². The van der Waals surface area contributed by atoms with Crippen molar-refractivity contribution in [3.05, 3.63) is 53.3 Å². The molecule has 98 valence electrons. The summed E-state index contributed by atoms with van der Waals surface area (Å²) in [4.78, 5) is 0. The maximum Gasteiger partial charge on any atom is 0.231 e. The highest BCUT2D eigenvalue weighted by atomic mass is 19.1. The van der Waals surface area contributed by atoms with Gasteiger partial charge < -0.3 is 14.8 Å². The normalized spacial score (nSPS) is 12.5. The molecule has 19 heavy (non-hydrogen) atoms. The second kappa shape index (κ2) is 4.80. The molecule has 0 aromatic heterocycles. The Morgan fingerprint density at radius 1 is 1.11 bits per heavy atom. The quantitative estimate of drug-likeness (QED) is 0.915. The second-order valence-corrected chi connectivity index (χ2v) is 4.50. The average molecular weight is 259 g/mol. The SMILES string of the molecule is Cc1cc(F)ccc1NCc1ccc2c(c1)OCO2. The zero-order valence-corrected chi connectivity index (χ0v) is 10.6. The van der Waals surface area contributed by atoms with E-state index >= 15 is 0 Å². The van der Waals surface area contributed by atoms with Gasteiger partial charge in [-0.2, -0.15) is 0 Å². The van der Waals surface area contributed by atoms with Crippen molar-refractivity contribution in [3.8, 4) is 11.5 Å². The van der Waals surface area contributed by atoms with Crippen LogP contribution in [0.25, 0.3) is 0 Å². The first-order valence-corrected chi connectivity index (χ1v) is 6.11. The minimum Gasteiger partial charge on any atom is -0.454 e. The van der Waals surface area contributed by atoms with Crippen molar-refractivity contribution < 1.29 is 13.9 Å². The number of fused-ring (bicyclic) bond motifs is 1. The zero-order valence-electron chi connectivity index (χ0n) is 10.6. The molecule has 0 bridgehead atoms. The number of anilines is 1. The number of rotatable bonds is 3. The summed E-state index contributed by atoms with van der Waals surface area (Å²) in [6.07, 6.45) is 0. The third-order valence-electron chi connectivity index (χ3n) is 3.11. The van der Waals surface area contributed by atoms with E-state index in [4.69, 9.17) is 9.47 Å². The molecule has 1 N–H and O–H groups in total. The van der Waals surface area contributed by atoms with Crippen LogP contribution in [0.3, 0.4) is 0 Å². The molecule has 0 radical (unpaired) electrons. The van der Waals surface area contributed by atoms with Gasteiger partial charge in [0, 0.05) is 12.2 Å². The van der Waals surface area contributed by atoms with Crippen molar-refractivity contribution in [1.29, 1.82) is 0 Å². The fourth-order valence-corrected chi connectivity index (χ4v) is 2.07. The molecular formula is C15H14FNO2. The highest BCUT2D eigenvalue weighted by molar-refractivity contribution is 5.52. The number of halogens is 1. The molecule has 1 heterocycles. The monoisotopic (exact) mass is 259 g/mol. The van der Waals surface area contributed by atoms with Crippen LogP contribution in [-0.2, 0) is 6.54 Å². The van der Waals surface area contributed by atoms with Gasteiger partial charge in [-0.1, -0.05) is 6.07 Å². The standard InChI is InChI=1S/C15H14FNO2/c1-10-6-12(16)3-4-13(10)17-8-11-2-5-14-15(7-11)19-9-18-14/h2-7,17H,8-9H2,1H3. The van der Waals surface area contributed by atoms with Crippen molar-refractivity contribution >= 4 is 5.69 Å². The van der Waals surface area contributed by atoms with Crippen molar-refractivity contribution in [2.45, 2.75) is 13.5 Å². The van der Waals surface area contributed by atoms with E-state index in [9.17, 15) is 4.39 Å². The number of ether oxygens (including phenoxy) is 2. The third kappa shape index (κ3) is 2.47. The summed E-state index contributed by atoms with van der Waals surface area (Å²) in [7, 11) is 0. The highest BCUT2D eigenvalue weighted by Gasteiger charge is 2.13. The van der Waals surface area contributed by atoms with E-state index in [1.165, 1.54) is 12.1 Å². The molecule has 3 rings (SSSR count). The summed E-state index contributed by atoms with van der Waals surface area (Å²) in [5.41, 5.74) is 2.91. The molecule has 0 saturated heterocycles. The van der Waals surface area contributed by atoms with Crippen LogP contribution < -0.4 is 14.8 Å². The number of benzene rings is 2. The fourth-order valence-electron chi connectivity index (χ4n) is 2.07. The molecule has 0 aliphatic carbocycles. The molecule has 0 atom stereocenters. The smallest absolute Gasteiger partial charge is 0.231 e. The summed E-state index contributed by atoms with van der Waals surface area (Å²) in [5.74, 6) is 1.34. The molecule has 2 aromatic rings. The maximum atomic E-state index is 13.0. The van der Waals surface area contributed by atoms with E-state index in [1.54, 1.807) is 6.07 Å². The highest BCUT2D eigenvalue weighted by Crippen LogP contribution is 2.32. The molecule has 0 spiro atoms. The van der Waals surface area contributed by atoms with Crippen LogP contribution in [0, 0.1) is 12.7 Å². The van der Waals surface area contributed by atoms with Gasteiger partial charge in [-0.05, 0) is 48.4 Å². The predicted octanol–water partition coefficient (Wildman–Crippen LogP) is 3.47. The van der Waals surface area contributed by atoms with Gasteiger partial charge in [-0.3, -0.25) is 0 Å². The molecule has 0 fully saturated rings. The van der Waals surface area contributed by atoms with Crippen LogP contribution in [0.15, 0.2) is 36.4 Å². The lowest BCUT2D eigenvalue weighted by atomic mass is 10.1.